The van der Waals surface area contributed by atoms with E-state index in [0.29, 0.717) is 17.9 Å². The van der Waals surface area contributed by atoms with Crippen molar-refractivity contribution in [2.24, 2.45) is 23.7 Å². The zero-order chi connectivity index (χ0) is 27.8. The van der Waals surface area contributed by atoms with E-state index in [1.54, 1.807) is 53.8 Å². The Labute approximate surface area is 229 Å². The molecule has 7 atom stereocenters. The molecule has 1 spiro atoms. The van der Waals surface area contributed by atoms with E-state index < -0.39 is 28.7 Å². The van der Waals surface area contributed by atoms with Gasteiger partial charge in [-0.15, -0.1) is 18.3 Å². The maximum absolute atomic E-state index is 14.7. The number of nitrogens with zero attached hydrogens (tertiary/aromatic N) is 2. The highest BCUT2D eigenvalue weighted by molar-refractivity contribution is 8.02. The second kappa shape index (κ2) is 11.3. The molecule has 0 radical (unpaired) electrons. The molecule has 3 saturated heterocycles. The van der Waals surface area contributed by atoms with E-state index in [4.69, 9.17) is 9.47 Å². The number of aliphatic hydroxyl groups is 1. The van der Waals surface area contributed by atoms with Gasteiger partial charge in [0.2, 0.25) is 5.91 Å². The molecule has 0 aliphatic carbocycles. The molecule has 1 N–H and O–H groups in total. The van der Waals surface area contributed by atoms with Gasteiger partial charge in [-0.05, 0) is 55.9 Å². The minimum atomic E-state index is -0.831. The van der Waals surface area contributed by atoms with Crippen molar-refractivity contribution in [2.75, 3.05) is 31.8 Å². The van der Waals surface area contributed by atoms with Crippen molar-refractivity contribution in [1.29, 1.82) is 0 Å². The fraction of sp³-hybridized carbons (Fsp3) is 0.621. The van der Waals surface area contributed by atoms with Crippen LogP contribution >= 0.6 is 11.8 Å². The summed E-state index contributed by atoms with van der Waals surface area (Å²) in [5, 5.41) is 10.4. The van der Waals surface area contributed by atoms with Crippen LogP contribution in [-0.2, 0) is 19.1 Å². The summed E-state index contributed by atoms with van der Waals surface area (Å²) < 4.78 is 9.94. The van der Waals surface area contributed by atoms with Gasteiger partial charge in [0.15, 0.2) is 0 Å². The number of carbonyl (C=O) groups excluding carboxylic acids is 3. The van der Waals surface area contributed by atoms with Gasteiger partial charge >= 0.3 is 5.97 Å². The number of carbonyl (C=O) groups is 3. The molecule has 4 rings (SSSR count). The second-order valence-corrected chi connectivity index (χ2v) is 12.5. The minimum absolute atomic E-state index is 0.0240. The first-order valence-electron chi connectivity index (χ1n) is 13.5. The van der Waals surface area contributed by atoms with E-state index in [1.807, 2.05) is 26.0 Å². The number of benzene rings is 1. The van der Waals surface area contributed by atoms with Crippen molar-refractivity contribution < 1.29 is 29.0 Å². The van der Waals surface area contributed by atoms with Gasteiger partial charge in [0.1, 0.15) is 11.8 Å². The van der Waals surface area contributed by atoms with Gasteiger partial charge in [0.05, 0.1) is 42.9 Å². The average molecular weight is 545 g/mol. The third-order valence-electron chi connectivity index (χ3n) is 8.29. The first kappa shape index (κ1) is 28.5. The molecule has 3 aliphatic rings. The average Bonchev–Trinajstić information content (AvgIpc) is 3.49. The number of amides is 2. The maximum atomic E-state index is 14.7. The molecule has 2 bridgehead atoms. The van der Waals surface area contributed by atoms with Crippen molar-refractivity contribution in [3.63, 3.8) is 0 Å². The van der Waals surface area contributed by atoms with E-state index >= 15 is 0 Å². The van der Waals surface area contributed by atoms with Crippen LogP contribution in [0.3, 0.4) is 0 Å². The molecule has 2 amide bonds. The van der Waals surface area contributed by atoms with Crippen molar-refractivity contribution in [3.8, 4) is 5.75 Å². The highest BCUT2D eigenvalue weighted by Crippen LogP contribution is 2.69. The van der Waals surface area contributed by atoms with E-state index in [0.717, 1.165) is 6.42 Å². The third-order valence-corrected chi connectivity index (χ3v) is 10.4. The van der Waals surface area contributed by atoms with E-state index in [9.17, 15) is 19.5 Å². The lowest BCUT2D eigenvalue weighted by Crippen LogP contribution is -2.59. The predicted molar refractivity (Wildman–Crippen MR) is 148 cm³/mol. The Morgan fingerprint density at radius 1 is 1.32 bits per heavy atom. The number of esters is 1. The molecule has 0 aromatic heterocycles. The fourth-order valence-electron chi connectivity index (χ4n) is 6.82. The monoisotopic (exact) mass is 544 g/mol. The molecule has 8 nitrogen and oxygen atoms in total. The molecule has 208 valence electrons. The van der Waals surface area contributed by atoms with Crippen LogP contribution < -0.4 is 9.64 Å². The quantitative estimate of drug-likeness (QED) is 0.336. The van der Waals surface area contributed by atoms with Gasteiger partial charge in [-0.3, -0.25) is 14.4 Å². The van der Waals surface area contributed by atoms with Crippen LogP contribution in [0.15, 0.2) is 36.9 Å². The Balaban J connectivity index is 1.84. The lowest BCUT2D eigenvalue weighted by atomic mass is 9.66. The molecular weight excluding hydrogens is 504 g/mol. The van der Waals surface area contributed by atoms with Crippen LogP contribution in [0.5, 0.6) is 5.75 Å². The number of ether oxygens (including phenoxy) is 2. The number of hydrogen-bond donors (Lipinski definition) is 1. The lowest BCUT2D eigenvalue weighted by molar-refractivity contribution is -0.154. The summed E-state index contributed by atoms with van der Waals surface area (Å²) >= 11 is 1.61. The molecule has 0 saturated carbocycles. The first-order valence-corrected chi connectivity index (χ1v) is 14.4. The number of methoxy groups -OCH3 is 1. The molecule has 3 fully saturated rings. The first-order chi connectivity index (χ1) is 18.2. The number of likely N-dealkylation sites (tertiary alicyclic amines) is 1. The van der Waals surface area contributed by atoms with Gasteiger partial charge in [-0.25, -0.2) is 0 Å². The highest BCUT2D eigenvalue weighted by atomic mass is 32.2. The van der Waals surface area contributed by atoms with E-state index in [1.165, 1.54) is 0 Å². The smallest absolute Gasteiger partial charge is 0.310 e. The predicted octanol–water partition coefficient (Wildman–Crippen LogP) is 3.52. The van der Waals surface area contributed by atoms with E-state index in [2.05, 4.69) is 13.5 Å². The van der Waals surface area contributed by atoms with Crippen LogP contribution in [0.25, 0.3) is 0 Å². The number of anilines is 1. The minimum Gasteiger partial charge on any atom is -0.497 e. The Hall–Kier alpha value is -2.52. The molecule has 1 aromatic rings. The molecule has 1 aromatic carbocycles. The van der Waals surface area contributed by atoms with Crippen LogP contribution in [0.4, 0.5) is 5.69 Å². The standard InChI is InChI=1S/C29H40N2O6S/c1-7-13-30(19-9-11-21(36-6)12-10-19)27(34)25-29-18(5)15-22(38-29)23(28(35)37-8-2)24(29)26(33)31(25)20(16-32)14-17(3)4/h7,9-12,17-18,20,22-25,32H,1,8,13-16H2,2-6H3/t18?,20-,22-,23+,24+,25?,29?/m1/s1. The molecule has 3 aliphatic heterocycles. The summed E-state index contributed by atoms with van der Waals surface area (Å²) in [5.41, 5.74) is 0.666. The topological polar surface area (TPSA) is 96.4 Å². The van der Waals surface area contributed by atoms with Crippen LogP contribution in [0.2, 0.25) is 0 Å². The van der Waals surface area contributed by atoms with Gasteiger partial charge < -0.3 is 24.4 Å². The maximum Gasteiger partial charge on any atom is 0.310 e. The van der Waals surface area contributed by atoms with Crippen LogP contribution in [-0.4, -0.2) is 76.7 Å². The van der Waals surface area contributed by atoms with Gasteiger partial charge in [-0.2, -0.15) is 0 Å². The fourth-order valence-corrected chi connectivity index (χ4v) is 9.21. The molecule has 3 unspecified atom stereocenters. The molecule has 3 heterocycles. The molecular formula is C29H40N2O6S. The molecule has 38 heavy (non-hydrogen) atoms. The summed E-state index contributed by atoms with van der Waals surface area (Å²) in [5.74, 6) is -1.20. The largest absolute Gasteiger partial charge is 0.497 e. The summed E-state index contributed by atoms with van der Waals surface area (Å²) in [7, 11) is 1.59. The number of thioether (sulfide) groups is 1. The van der Waals surface area contributed by atoms with Crippen LogP contribution in [0, 0.1) is 23.7 Å². The zero-order valence-electron chi connectivity index (χ0n) is 23.0. The number of fused-ring (bicyclic) bond motifs is 1. The number of hydrogen-bond acceptors (Lipinski definition) is 7. The SMILES string of the molecule is C=CCN(C(=O)C1N([C@@H](CO)CC(C)C)C(=O)[C@@H]2[C@@H](C(=O)OCC)[C@H]3CC(C)C12S3)c1ccc(OC)cc1. The summed E-state index contributed by atoms with van der Waals surface area (Å²) in [4.78, 5) is 45.4. The van der Waals surface area contributed by atoms with Crippen molar-refractivity contribution in [1.82, 2.24) is 4.90 Å². The Morgan fingerprint density at radius 3 is 2.55 bits per heavy atom. The Kier molecular flexibility index (Phi) is 8.47. The Morgan fingerprint density at radius 2 is 2.00 bits per heavy atom. The molecule has 9 heteroatoms. The summed E-state index contributed by atoms with van der Waals surface area (Å²) in [6.07, 6.45) is 2.94. The lowest BCUT2D eigenvalue weighted by Gasteiger charge is -2.42. The summed E-state index contributed by atoms with van der Waals surface area (Å²) in [6.45, 7) is 12.0. The van der Waals surface area contributed by atoms with Gasteiger partial charge in [0.25, 0.3) is 5.91 Å². The normalized spacial score (nSPS) is 30.3. The van der Waals surface area contributed by atoms with Crippen molar-refractivity contribution in [3.05, 3.63) is 36.9 Å². The zero-order valence-corrected chi connectivity index (χ0v) is 23.8. The van der Waals surface area contributed by atoms with Crippen molar-refractivity contribution in [2.45, 2.75) is 62.6 Å². The third kappa shape index (κ3) is 4.51. The van der Waals surface area contributed by atoms with E-state index in [-0.39, 0.29) is 54.6 Å². The second-order valence-electron chi connectivity index (χ2n) is 11.0. The Bertz CT molecular complexity index is 1060. The van der Waals surface area contributed by atoms with Gasteiger partial charge in [-0.1, -0.05) is 26.8 Å². The highest BCUT2D eigenvalue weighted by Gasteiger charge is 2.77. The number of rotatable bonds is 11. The van der Waals surface area contributed by atoms with Gasteiger partial charge in [0, 0.05) is 17.5 Å². The van der Waals surface area contributed by atoms with Crippen molar-refractivity contribution >= 4 is 35.2 Å². The van der Waals surface area contributed by atoms with Crippen LogP contribution in [0.1, 0.15) is 40.5 Å². The summed E-state index contributed by atoms with van der Waals surface area (Å²) in [6, 6.07) is 5.86. The number of aliphatic hydroxyl groups excluding tert-OH is 1.